The number of halogens is 4. The molecule has 4 aromatic carbocycles. The van der Waals surface area contributed by atoms with E-state index >= 15 is 0 Å². The minimum atomic E-state index is -1.05. The maximum absolute atomic E-state index is 12.2. The highest BCUT2D eigenvalue weighted by Crippen LogP contribution is 2.25. The number of aromatic nitrogens is 4. The molecule has 6 aromatic rings. The van der Waals surface area contributed by atoms with Gasteiger partial charge in [-0.15, -0.1) is 12.4 Å². The van der Waals surface area contributed by atoms with E-state index in [0.717, 1.165) is 48.3 Å². The number of ketones is 2. The van der Waals surface area contributed by atoms with Crippen LogP contribution in [0.4, 0.5) is 4.79 Å². The smallest absolute Gasteiger partial charge is 0.410 e. The lowest BCUT2D eigenvalue weighted by molar-refractivity contribution is -0.130. The summed E-state index contributed by atoms with van der Waals surface area (Å²) in [5.41, 5.74) is 4.03. The summed E-state index contributed by atoms with van der Waals surface area (Å²) in [5, 5.41) is 41.1. The molecule has 0 saturated heterocycles. The minimum absolute atomic E-state index is 0. The number of allylic oxidation sites excluding steroid dienone is 1. The second-order valence-corrected chi connectivity index (χ2v) is 23.7. The quantitative estimate of drug-likeness (QED) is 0.0163. The molecule has 91 heavy (non-hydrogen) atoms. The summed E-state index contributed by atoms with van der Waals surface area (Å²) in [6.07, 6.45) is 9.05. The third-order valence-electron chi connectivity index (χ3n) is 11.8. The molecule has 0 bridgehead atoms. The number of aliphatic hydroxyl groups is 2. The van der Waals surface area contributed by atoms with Crippen molar-refractivity contribution in [2.75, 3.05) is 60.9 Å². The highest BCUT2D eigenvalue weighted by Gasteiger charge is 2.29. The molecule has 19 nitrogen and oxygen atoms in total. The number of Topliss-reactive ketones (excluding diaryl/α,β-unsaturated/α-hetero) is 2. The van der Waals surface area contributed by atoms with Gasteiger partial charge in [0, 0.05) is 64.3 Å². The number of amides is 1. The zero-order valence-corrected chi connectivity index (χ0v) is 59.4. The van der Waals surface area contributed by atoms with Gasteiger partial charge in [0.1, 0.15) is 32.9 Å². The number of aliphatic hydroxyl groups excluding tert-OH is 2. The van der Waals surface area contributed by atoms with Crippen LogP contribution in [0.5, 0.6) is 0 Å². The van der Waals surface area contributed by atoms with Crippen molar-refractivity contribution >= 4 is 128 Å². The van der Waals surface area contributed by atoms with Crippen LogP contribution in [-0.2, 0) is 35.1 Å². The Morgan fingerprint density at radius 1 is 0.736 bits per heavy atom. The number of likely N-dealkylation sites (N-methyl/N-ethyl adjacent to an activating group) is 4. The molecule has 1 amide bonds. The van der Waals surface area contributed by atoms with Crippen molar-refractivity contribution in [3.05, 3.63) is 190 Å². The third-order valence-corrected chi connectivity index (χ3v) is 14.1. The molecule has 2 radical (unpaired) electrons. The Kier molecular flexibility index (Phi) is 42.9. The van der Waals surface area contributed by atoms with E-state index in [1.165, 1.54) is 19.7 Å². The Balaban J connectivity index is 0.000000574. The number of nitrogens with zero attached hydrogens (tertiary/aromatic N) is 8. The van der Waals surface area contributed by atoms with Crippen molar-refractivity contribution in [3.63, 3.8) is 0 Å². The topological polar surface area (TPSA) is 242 Å². The molecule has 1 aliphatic rings. The van der Waals surface area contributed by atoms with Gasteiger partial charge >= 0.3 is 12.1 Å². The fourth-order valence-electron chi connectivity index (χ4n) is 7.84. The zero-order valence-electron chi connectivity index (χ0n) is 52.7. The van der Waals surface area contributed by atoms with Crippen LogP contribution in [0.25, 0.3) is 0 Å². The number of rotatable bonds is 22. The number of hydrogen-bond donors (Lipinski definition) is 4. The fourth-order valence-corrected chi connectivity index (χ4v) is 9.15. The number of aliphatic imine (C=N–C) groups is 1. The average molecular weight is 1550 g/mol. The van der Waals surface area contributed by atoms with Gasteiger partial charge in [0.2, 0.25) is 0 Å². The first-order valence-electron chi connectivity index (χ1n) is 28.6. The monoisotopic (exact) mass is 1550 g/mol. The maximum Gasteiger partial charge on any atom is 0.410 e. The molecule has 0 aliphatic carbocycles. The van der Waals surface area contributed by atoms with E-state index in [0.29, 0.717) is 31.8 Å². The molecular formula is C66H81B2BrClI2N9O10. The summed E-state index contributed by atoms with van der Waals surface area (Å²) in [6, 6.07) is 41.7. The van der Waals surface area contributed by atoms with Crippen LogP contribution in [0.3, 0.4) is 0 Å². The number of nitrogens with one attached hydrogen (secondary N) is 1. The summed E-state index contributed by atoms with van der Waals surface area (Å²) in [4.78, 5) is 73.7. The maximum atomic E-state index is 12.2. The van der Waals surface area contributed by atoms with Gasteiger partial charge in [-0.3, -0.25) is 23.9 Å². The van der Waals surface area contributed by atoms with Crippen molar-refractivity contribution in [1.29, 1.82) is 0 Å². The molecule has 2 aromatic heterocycles. The molecule has 4 N–H and O–H groups in total. The van der Waals surface area contributed by atoms with E-state index in [-0.39, 0.29) is 54.5 Å². The van der Waals surface area contributed by atoms with Crippen LogP contribution in [0.2, 0.25) is 0 Å². The lowest BCUT2D eigenvalue weighted by Gasteiger charge is -2.29. The van der Waals surface area contributed by atoms with E-state index in [9.17, 15) is 39.0 Å². The minimum Gasteiger partial charge on any atom is -0.472 e. The summed E-state index contributed by atoms with van der Waals surface area (Å²) < 4.78 is 10.8. The second kappa shape index (κ2) is 47.3. The van der Waals surface area contributed by atoms with Crippen LogP contribution in [0.15, 0.2) is 163 Å². The van der Waals surface area contributed by atoms with Crippen LogP contribution in [-0.4, -0.2) is 183 Å². The molecule has 0 saturated carbocycles. The van der Waals surface area contributed by atoms with E-state index in [1.807, 2.05) is 199 Å². The van der Waals surface area contributed by atoms with Crippen molar-refractivity contribution in [2.24, 2.45) is 4.99 Å². The van der Waals surface area contributed by atoms with Crippen molar-refractivity contribution in [3.8, 4) is 23.7 Å². The second-order valence-electron chi connectivity index (χ2n) is 20.6. The van der Waals surface area contributed by atoms with Gasteiger partial charge in [-0.2, -0.15) is 10.2 Å². The Hall–Kier alpha value is -6.59. The number of alkyl halides is 1. The molecule has 3 heterocycles. The van der Waals surface area contributed by atoms with E-state index in [4.69, 9.17) is 9.84 Å². The first-order chi connectivity index (χ1) is 43.0. The summed E-state index contributed by atoms with van der Waals surface area (Å²) in [6.45, 7) is 11.2. The van der Waals surface area contributed by atoms with E-state index in [1.54, 1.807) is 47.1 Å². The fraction of sp³-hybridized carbons (Fsp3) is 0.348. The number of aliphatic carboxylic acids is 1. The predicted molar refractivity (Wildman–Crippen MR) is 385 cm³/mol. The van der Waals surface area contributed by atoms with Crippen LogP contribution < -0.4 is 5.32 Å². The van der Waals surface area contributed by atoms with Gasteiger partial charge in [0.25, 0.3) is 14.8 Å². The average Bonchev–Trinajstić information content (AvgIpc) is 1.97. The van der Waals surface area contributed by atoms with Gasteiger partial charge in [-0.25, -0.2) is 9.59 Å². The SMILES string of the molecule is CCC#CC(=O)O.CCC#Cc1ccn(C(c2ccccc2)C(O)CNC)n1.CN(CC(O)C(c1ccccc1)n1ccc(I)n1)C(=O)OC(C)(C)C.CN([B]C=O)CC(=O)C(Br)c1ccccc1.CN([B]C=O)CC(=O)Cc1ccccc1.Cl.IC1=NCC=C1. The normalized spacial score (nSPS) is 12.4. The van der Waals surface area contributed by atoms with Gasteiger partial charge in [-0.05, 0) is 133 Å². The van der Waals surface area contributed by atoms with Crippen molar-refractivity contribution in [1.82, 2.24) is 39.4 Å². The molecule has 5 unspecified atom stereocenters. The first-order valence-corrected chi connectivity index (χ1v) is 31.7. The third kappa shape index (κ3) is 35.7. The Labute approximate surface area is 579 Å². The van der Waals surface area contributed by atoms with E-state index in [2.05, 4.69) is 99.4 Å². The Morgan fingerprint density at radius 2 is 1.23 bits per heavy atom. The zero-order chi connectivity index (χ0) is 66.9. The van der Waals surface area contributed by atoms with Crippen LogP contribution >= 0.6 is 73.5 Å². The number of carbonyl (C=O) groups excluding carboxylic acids is 5. The van der Waals surface area contributed by atoms with E-state index < -0.39 is 35.9 Å². The van der Waals surface area contributed by atoms with Gasteiger partial charge < -0.3 is 49.5 Å². The van der Waals surface area contributed by atoms with Gasteiger partial charge in [-0.1, -0.05) is 169 Å². The molecule has 0 fully saturated rings. The van der Waals surface area contributed by atoms with Crippen molar-refractivity contribution in [2.45, 2.75) is 88.6 Å². The number of ether oxygens (including phenoxy) is 1. The molecular weight excluding hydrogens is 1470 g/mol. The summed E-state index contributed by atoms with van der Waals surface area (Å²) in [7, 11) is 9.53. The molecule has 7 rings (SSSR count). The highest BCUT2D eigenvalue weighted by atomic mass is 127. The number of carboxylic acids is 1. The lowest BCUT2D eigenvalue weighted by atomic mass is 9.95. The van der Waals surface area contributed by atoms with Gasteiger partial charge in [0.15, 0.2) is 5.78 Å². The molecule has 25 heteroatoms. The Bertz CT molecular complexity index is 3270. The predicted octanol–water partition coefficient (Wildman–Crippen LogP) is 9.39. The number of carbonyl (C=O) groups is 6. The molecule has 5 atom stereocenters. The number of hydrogen-bond acceptors (Lipinski definition) is 15. The standard InChI is InChI=1S/C18H24IN3O3.C17H21N3O.C11H12BBrNO2.C11H13BNO2.C5H6O2.C4H4IN.ClH/c1-18(2,3)25-17(24)21(4)12-14(23)16(13-8-6-5-7-9-13)22-11-10-15(19)20-22;1-3-4-10-15-11-12-20(19-15)17(16(21)13-18-2)14-8-6-5-7-9-14;1-14(12-8-15)7-10(16)11(13)9-5-3-2-4-6-9;1-13(12-9-14)8-11(15)7-10-5-3-2-4-6-10;1-2-3-4-5(6)7;5-4-2-1-3-6-4;/h5-11,14,16,23H,12H2,1-4H3;5-9,11-12,16-18,21H,3,13H2,1-2H3;2-6,8,11H,7H2,1H3;2-6,9H,7-8H2,1H3;2H2,1H3,(H,6,7);1-2H,3H2;1H. The molecule has 484 valence electrons. The number of carboxylic acid groups (broad SMARTS) is 1. The first kappa shape index (κ1) is 82.4. The summed E-state index contributed by atoms with van der Waals surface area (Å²) >= 11 is 7.68. The molecule has 1 aliphatic heterocycles. The largest absolute Gasteiger partial charge is 0.472 e. The Morgan fingerprint density at radius 3 is 1.66 bits per heavy atom. The number of benzene rings is 4. The van der Waals surface area contributed by atoms with Gasteiger partial charge in [0.05, 0.1) is 46.2 Å². The van der Waals surface area contributed by atoms with Crippen LogP contribution in [0, 0.1) is 27.4 Å². The van der Waals surface area contributed by atoms with Crippen LogP contribution in [0.1, 0.15) is 92.3 Å². The summed E-state index contributed by atoms with van der Waals surface area (Å²) in [5.74, 6) is 9.45. The van der Waals surface area contributed by atoms with Crippen molar-refractivity contribution < 1.29 is 48.8 Å². The highest BCUT2D eigenvalue weighted by molar-refractivity contribution is 14.1. The molecule has 0 spiro atoms. The lowest BCUT2D eigenvalue weighted by Crippen LogP contribution is -2.41.